The quantitative estimate of drug-likeness (QED) is 0.352. The van der Waals surface area contributed by atoms with Gasteiger partial charge in [-0.25, -0.2) is 13.8 Å². The van der Waals surface area contributed by atoms with Gasteiger partial charge in [0.2, 0.25) is 10.0 Å². The molecule has 0 spiro atoms. The number of sulfonamides is 1. The molecule has 0 saturated heterocycles. The van der Waals surface area contributed by atoms with Gasteiger partial charge >= 0.3 is 0 Å². The first-order valence-corrected chi connectivity index (χ1v) is 11.8. The number of carbonyl (C=O) groups is 1. The van der Waals surface area contributed by atoms with Crippen molar-refractivity contribution in [3.05, 3.63) is 99.5 Å². The van der Waals surface area contributed by atoms with Gasteiger partial charge in [0.1, 0.15) is 0 Å². The van der Waals surface area contributed by atoms with Gasteiger partial charge in [-0.05, 0) is 47.5 Å². The Bertz CT molecular complexity index is 1170. The van der Waals surface area contributed by atoms with E-state index in [4.69, 9.17) is 11.6 Å². The molecule has 0 aromatic heterocycles. The molecule has 0 bridgehead atoms. The summed E-state index contributed by atoms with van der Waals surface area (Å²) in [6.45, 7) is -0.342. The van der Waals surface area contributed by atoms with E-state index < -0.39 is 15.9 Å². The van der Waals surface area contributed by atoms with Gasteiger partial charge in [-0.2, -0.15) is 9.41 Å². The van der Waals surface area contributed by atoms with Gasteiger partial charge in [-0.15, -0.1) is 0 Å². The van der Waals surface area contributed by atoms with Crippen LogP contribution in [0.1, 0.15) is 11.1 Å². The van der Waals surface area contributed by atoms with E-state index in [2.05, 4.69) is 26.5 Å². The summed E-state index contributed by atoms with van der Waals surface area (Å²) in [7, 11) is -3.91. The van der Waals surface area contributed by atoms with Gasteiger partial charge in [0.05, 0.1) is 17.7 Å². The second-order valence-corrected chi connectivity index (χ2v) is 9.85. The molecule has 3 rings (SSSR count). The van der Waals surface area contributed by atoms with Crippen molar-refractivity contribution in [1.82, 2.24) is 9.73 Å². The Morgan fingerprint density at radius 3 is 2.42 bits per heavy atom. The summed E-state index contributed by atoms with van der Waals surface area (Å²) in [5.41, 5.74) is 3.84. The van der Waals surface area contributed by atoms with Crippen LogP contribution in [-0.2, 0) is 21.4 Å². The van der Waals surface area contributed by atoms with Crippen molar-refractivity contribution in [2.45, 2.75) is 11.4 Å². The lowest BCUT2D eigenvalue weighted by molar-refractivity contribution is -0.121. The standard InChI is InChI=1S/C22H19BrClN3O3S/c23-19-9-11-21(12-10-19)31(29,30)27(15-17-5-2-1-3-6-17)16-22(28)26-25-14-18-7-4-8-20(24)13-18/h1-14H,15-16H2,(H,26,28)/b25-14-. The lowest BCUT2D eigenvalue weighted by Crippen LogP contribution is -2.39. The number of benzene rings is 3. The predicted molar refractivity (Wildman–Crippen MR) is 125 cm³/mol. The fourth-order valence-corrected chi connectivity index (χ4v) is 4.58. The predicted octanol–water partition coefficient (Wildman–Crippen LogP) is 4.44. The highest BCUT2D eigenvalue weighted by molar-refractivity contribution is 9.10. The molecule has 1 N–H and O–H groups in total. The Morgan fingerprint density at radius 2 is 1.74 bits per heavy atom. The first-order valence-electron chi connectivity index (χ1n) is 9.22. The third-order valence-electron chi connectivity index (χ3n) is 4.22. The van der Waals surface area contributed by atoms with Crippen LogP contribution in [0.2, 0.25) is 5.02 Å². The minimum atomic E-state index is -3.91. The molecule has 160 valence electrons. The van der Waals surface area contributed by atoms with Crippen LogP contribution < -0.4 is 5.43 Å². The summed E-state index contributed by atoms with van der Waals surface area (Å²) in [6.07, 6.45) is 1.44. The lowest BCUT2D eigenvalue weighted by Gasteiger charge is -2.21. The van der Waals surface area contributed by atoms with Crippen molar-refractivity contribution in [2.24, 2.45) is 5.10 Å². The molecule has 3 aromatic carbocycles. The van der Waals surface area contributed by atoms with Gasteiger partial charge in [-0.1, -0.05) is 70.0 Å². The Labute approximate surface area is 194 Å². The van der Waals surface area contributed by atoms with Crippen molar-refractivity contribution in [3.8, 4) is 0 Å². The molecule has 0 aliphatic heterocycles. The average molecular weight is 521 g/mol. The first-order chi connectivity index (χ1) is 14.8. The third-order valence-corrected chi connectivity index (χ3v) is 6.79. The van der Waals surface area contributed by atoms with E-state index >= 15 is 0 Å². The monoisotopic (exact) mass is 519 g/mol. The highest BCUT2D eigenvalue weighted by Crippen LogP contribution is 2.20. The zero-order chi connectivity index (χ0) is 22.3. The van der Waals surface area contributed by atoms with E-state index in [1.54, 1.807) is 48.5 Å². The van der Waals surface area contributed by atoms with E-state index in [1.165, 1.54) is 18.3 Å². The van der Waals surface area contributed by atoms with Crippen LogP contribution in [-0.4, -0.2) is 31.4 Å². The summed E-state index contributed by atoms with van der Waals surface area (Å²) < 4.78 is 28.3. The second kappa shape index (κ2) is 10.7. The van der Waals surface area contributed by atoms with Crippen LogP contribution in [0.3, 0.4) is 0 Å². The topological polar surface area (TPSA) is 78.8 Å². The van der Waals surface area contributed by atoms with Gasteiger partial charge in [-0.3, -0.25) is 4.79 Å². The van der Waals surface area contributed by atoms with E-state index in [0.29, 0.717) is 10.6 Å². The van der Waals surface area contributed by atoms with Crippen LogP contribution in [0.4, 0.5) is 0 Å². The molecule has 31 heavy (non-hydrogen) atoms. The molecular weight excluding hydrogens is 502 g/mol. The van der Waals surface area contributed by atoms with Gasteiger partial charge in [0.15, 0.2) is 0 Å². The van der Waals surface area contributed by atoms with Crippen molar-refractivity contribution in [1.29, 1.82) is 0 Å². The molecular formula is C22H19BrClN3O3S. The fourth-order valence-electron chi connectivity index (χ4n) is 2.73. The maximum atomic E-state index is 13.2. The van der Waals surface area contributed by atoms with Crippen LogP contribution in [0.15, 0.2) is 93.3 Å². The molecule has 9 heteroatoms. The van der Waals surface area contributed by atoms with Crippen molar-refractivity contribution >= 4 is 49.7 Å². The number of rotatable bonds is 8. The smallest absolute Gasteiger partial charge is 0.255 e. The Kier molecular flexibility index (Phi) is 7.97. The van der Waals surface area contributed by atoms with Gasteiger partial charge in [0.25, 0.3) is 5.91 Å². The molecule has 0 heterocycles. The van der Waals surface area contributed by atoms with Crippen LogP contribution in [0.5, 0.6) is 0 Å². The molecule has 0 saturated carbocycles. The van der Waals surface area contributed by atoms with Gasteiger partial charge < -0.3 is 0 Å². The fraction of sp³-hybridized carbons (Fsp3) is 0.0909. The number of nitrogens with one attached hydrogen (secondary N) is 1. The molecule has 0 radical (unpaired) electrons. The molecule has 0 fully saturated rings. The van der Waals surface area contributed by atoms with Crippen LogP contribution in [0.25, 0.3) is 0 Å². The van der Waals surface area contributed by atoms with E-state index in [0.717, 1.165) is 14.3 Å². The third kappa shape index (κ3) is 6.73. The number of hydrogen-bond acceptors (Lipinski definition) is 4. The summed E-state index contributed by atoms with van der Waals surface area (Å²) in [5, 5.41) is 4.44. The Balaban J connectivity index is 1.77. The summed E-state index contributed by atoms with van der Waals surface area (Å²) in [4.78, 5) is 12.6. The number of nitrogens with zero attached hydrogens (tertiary/aromatic N) is 2. The largest absolute Gasteiger partial charge is 0.272 e. The summed E-state index contributed by atoms with van der Waals surface area (Å²) in [6, 6.07) is 22.3. The molecule has 3 aromatic rings. The Morgan fingerprint density at radius 1 is 1.03 bits per heavy atom. The van der Waals surface area contributed by atoms with E-state index in [-0.39, 0.29) is 18.0 Å². The Hall–Kier alpha value is -2.52. The minimum Gasteiger partial charge on any atom is -0.272 e. The maximum Gasteiger partial charge on any atom is 0.255 e. The zero-order valence-corrected chi connectivity index (χ0v) is 19.4. The van der Waals surface area contributed by atoms with Crippen molar-refractivity contribution in [3.63, 3.8) is 0 Å². The second-order valence-electron chi connectivity index (χ2n) is 6.56. The number of halogens is 2. The van der Waals surface area contributed by atoms with Crippen LogP contribution in [0, 0.1) is 0 Å². The number of hydrazone groups is 1. The van der Waals surface area contributed by atoms with E-state index in [9.17, 15) is 13.2 Å². The first kappa shape index (κ1) is 23.1. The van der Waals surface area contributed by atoms with E-state index in [1.807, 2.05) is 18.2 Å². The number of carbonyl (C=O) groups excluding carboxylic acids is 1. The van der Waals surface area contributed by atoms with Crippen LogP contribution >= 0.6 is 27.5 Å². The molecule has 0 aliphatic carbocycles. The van der Waals surface area contributed by atoms with Crippen molar-refractivity contribution in [2.75, 3.05) is 6.54 Å². The molecule has 6 nitrogen and oxygen atoms in total. The maximum absolute atomic E-state index is 13.2. The highest BCUT2D eigenvalue weighted by atomic mass is 79.9. The lowest BCUT2D eigenvalue weighted by atomic mass is 10.2. The molecule has 0 aliphatic rings. The SMILES string of the molecule is O=C(CN(Cc1ccccc1)S(=O)(=O)c1ccc(Br)cc1)N/N=C\c1cccc(Cl)c1. The highest BCUT2D eigenvalue weighted by Gasteiger charge is 2.26. The van der Waals surface area contributed by atoms with Crippen molar-refractivity contribution < 1.29 is 13.2 Å². The normalized spacial score (nSPS) is 11.7. The average Bonchev–Trinajstić information content (AvgIpc) is 2.74. The molecule has 0 atom stereocenters. The minimum absolute atomic E-state index is 0.0463. The summed E-state index contributed by atoms with van der Waals surface area (Å²) in [5.74, 6) is -0.560. The molecule has 0 unspecified atom stereocenters. The van der Waals surface area contributed by atoms with Gasteiger partial charge in [0, 0.05) is 16.0 Å². The number of hydrogen-bond donors (Lipinski definition) is 1. The summed E-state index contributed by atoms with van der Waals surface area (Å²) >= 11 is 9.22. The molecule has 1 amide bonds. The number of amides is 1. The zero-order valence-electron chi connectivity index (χ0n) is 16.3.